The van der Waals surface area contributed by atoms with Gasteiger partial charge >= 0.3 is 0 Å². The topological polar surface area (TPSA) is 29.9 Å². The molecule has 0 aliphatic heterocycles. The fraction of sp³-hybridized carbons (Fsp3) is 0.250. The minimum absolute atomic E-state index is 0.232. The number of halogens is 1. The van der Waals surface area contributed by atoms with Gasteiger partial charge < -0.3 is 5.32 Å². The molecule has 1 aromatic carbocycles. The number of aryl methyl sites for hydroxylation is 2. The van der Waals surface area contributed by atoms with E-state index in [0.29, 0.717) is 12.2 Å². The van der Waals surface area contributed by atoms with Crippen LogP contribution in [0, 0.1) is 12.7 Å². The molecular weight excluding hydrogens is 205 g/mol. The van der Waals surface area contributed by atoms with E-state index in [9.17, 15) is 4.39 Å². The standard InChI is InChI=1S/C12H14FN3/c1-9-10(8-16(2)15-9)7-14-12-6-4-3-5-11(12)13/h3-6,8,14H,7H2,1-2H3. The van der Waals surface area contributed by atoms with E-state index in [-0.39, 0.29) is 5.82 Å². The van der Waals surface area contributed by atoms with Crippen LogP contribution in [0.1, 0.15) is 11.3 Å². The molecule has 0 radical (unpaired) electrons. The smallest absolute Gasteiger partial charge is 0.146 e. The third-order valence-electron chi connectivity index (χ3n) is 2.46. The summed E-state index contributed by atoms with van der Waals surface area (Å²) >= 11 is 0. The number of nitrogens with zero attached hydrogens (tertiary/aromatic N) is 2. The lowest BCUT2D eigenvalue weighted by atomic mass is 10.2. The molecule has 4 heteroatoms. The fourth-order valence-corrected chi connectivity index (χ4v) is 1.62. The number of para-hydroxylation sites is 1. The highest BCUT2D eigenvalue weighted by Crippen LogP contribution is 2.14. The summed E-state index contributed by atoms with van der Waals surface area (Å²) < 4.78 is 15.1. The van der Waals surface area contributed by atoms with E-state index < -0.39 is 0 Å². The Hall–Kier alpha value is -1.84. The van der Waals surface area contributed by atoms with Gasteiger partial charge in [-0.2, -0.15) is 5.10 Å². The lowest BCUT2D eigenvalue weighted by Crippen LogP contribution is -2.01. The second-order valence-corrected chi connectivity index (χ2v) is 3.75. The van der Waals surface area contributed by atoms with Crippen molar-refractivity contribution in [3.05, 3.63) is 47.5 Å². The van der Waals surface area contributed by atoms with Crippen LogP contribution in [0.5, 0.6) is 0 Å². The first kappa shape index (κ1) is 10.7. The summed E-state index contributed by atoms with van der Waals surface area (Å²) in [6, 6.07) is 6.65. The van der Waals surface area contributed by atoms with E-state index in [4.69, 9.17) is 0 Å². The molecule has 0 saturated carbocycles. The average Bonchev–Trinajstić information content (AvgIpc) is 2.56. The monoisotopic (exact) mass is 219 g/mol. The minimum atomic E-state index is -0.232. The highest BCUT2D eigenvalue weighted by Gasteiger charge is 2.04. The van der Waals surface area contributed by atoms with E-state index in [0.717, 1.165) is 11.3 Å². The molecule has 3 nitrogen and oxygen atoms in total. The summed E-state index contributed by atoms with van der Waals surface area (Å²) in [5.41, 5.74) is 2.56. The third-order valence-corrected chi connectivity index (χ3v) is 2.46. The Morgan fingerprint density at radius 1 is 1.38 bits per heavy atom. The molecule has 0 fully saturated rings. The van der Waals surface area contributed by atoms with Crippen molar-refractivity contribution in [2.24, 2.45) is 7.05 Å². The maximum absolute atomic E-state index is 13.3. The number of nitrogens with one attached hydrogen (secondary N) is 1. The normalized spacial score (nSPS) is 10.4. The summed E-state index contributed by atoms with van der Waals surface area (Å²) in [4.78, 5) is 0. The zero-order chi connectivity index (χ0) is 11.5. The summed E-state index contributed by atoms with van der Waals surface area (Å²) in [7, 11) is 1.87. The molecule has 0 saturated heterocycles. The molecule has 2 rings (SSSR count). The van der Waals surface area contributed by atoms with Crippen LogP contribution in [0.4, 0.5) is 10.1 Å². The Balaban J connectivity index is 2.08. The second-order valence-electron chi connectivity index (χ2n) is 3.75. The predicted molar refractivity (Wildman–Crippen MR) is 61.7 cm³/mol. The Bertz CT molecular complexity index is 491. The molecule has 84 valence electrons. The van der Waals surface area contributed by atoms with Crippen molar-refractivity contribution in [3.8, 4) is 0 Å². The van der Waals surface area contributed by atoms with Gasteiger partial charge in [0.1, 0.15) is 5.82 Å². The van der Waals surface area contributed by atoms with Gasteiger partial charge in [0.15, 0.2) is 0 Å². The predicted octanol–water partition coefficient (Wildman–Crippen LogP) is 2.48. The summed E-state index contributed by atoms with van der Waals surface area (Å²) in [5, 5.41) is 7.28. The van der Waals surface area contributed by atoms with Gasteiger partial charge in [-0.3, -0.25) is 4.68 Å². The number of hydrogen-bond acceptors (Lipinski definition) is 2. The summed E-state index contributed by atoms with van der Waals surface area (Å²) in [6.45, 7) is 2.53. The van der Waals surface area contributed by atoms with Crippen LogP contribution >= 0.6 is 0 Å². The number of benzene rings is 1. The van der Waals surface area contributed by atoms with Crippen molar-refractivity contribution in [1.82, 2.24) is 9.78 Å². The summed E-state index contributed by atoms with van der Waals surface area (Å²) in [6.07, 6.45) is 1.93. The number of hydrogen-bond donors (Lipinski definition) is 1. The van der Waals surface area contributed by atoms with Gasteiger partial charge in [-0.05, 0) is 19.1 Å². The van der Waals surface area contributed by atoms with Gasteiger partial charge in [0.25, 0.3) is 0 Å². The van der Waals surface area contributed by atoms with Crippen LogP contribution in [0.2, 0.25) is 0 Å². The van der Waals surface area contributed by atoms with Crippen LogP contribution in [0.25, 0.3) is 0 Å². The molecule has 0 aliphatic rings. The van der Waals surface area contributed by atoms with Crippen LogP contribution in [0.15, 0.2) is 30.5 Å². The highest BCUT2D eigenvalue weighted by atomic mass is 19.1. The first-order valence-corrected chi connectivity index (χ1v) is 5.14. The molecule has 1 N–H and O–H groups in total. The number of anilines is 1. The first-order chi connectivity index (χ1) is 7.66. The van der Waals surface area contributed by atoms with Crippen LogP contribution in [-0.4, -0.2) is 9.78 Å². The zero-order valence-corrected chi connectivity index (χ0v) is 9.37. The van der Waals surface area contributed by atoms with E-state index in [1.54, 1.807) is 16.8 Å². The molecule has 0 unspecified atom stereocenters. The van der Waals surface area contributed by atoms with E-state index in [2.05, 4.69) is 10.4 Å². The maximum Gasteiger partial charge on any atom is 0.146 e. The average molecular weight is 219 g/mol. The quantitative estimate of drug-likeness (QED) is 0.859. The maximum atomic E-state index is 13.3. The third kappa shape index (κ3) is 2.21. The van der Waals surface area contributed by atoms with Gasteiger partial charge in [0.2, 0.25) is 0 Å². The molecule has 0 aliphatic carbocycles. The van der Waals surface area contributed by atoms with Crippen LogP contribution < -0.4 is 5.32 Å². The SMILES string of the molecule is Cc1nn(C)cc1CNc1ccccc1F. The molecular formula is C12H14FN3. The molecule has 0 amide bonds. The molecule has 0 atom stereocenters. The molecule has 16 heavy (non-hydrogen) atoms. The van der Waals surface area contributed by atoms with Crippen LogP contribution in [-0.2, 0) is 13.6 Å². The zero-order valence-electron chi connectivity index (χ0n) is 9.37. The minimum Gasteiger partial charge on any atom is -0.378 e. The fourth-order valence-electron chi connectivity index (χ4n) is 1.62. The summed E-state index contributed by atoms with van der Waals surface area (Å²) in [5.74, 6) is -0.232. The molecule has 2 aromatic rings. The first-order valence-electron chi connectivity index (χ1n) is 5.14. The lowest BCUT2D eigenvalue weighted by Gasteiger charge is -2.06. The van der Waals surface area contributed by atoms with Gasteiger partial charge in [0, 0.05) is 25.4 Å². The van der Waals surface area contributed by atoms with Gasteiger partial charge in [0.05, 0.1) is 11.4 Å². The van der Waals surface area contributed by atoms with Crippen LogP contribution in [0.3, 0.4) is 0 Å². The van der Waals surface area contributed by atoms with Crippen molar-refractivity contribution < 1.29 is 4.39 Å². The van der Waals surface area contributed by atoms with Crippen molar-refractivity contribution in [3.63, 3.8) is 0 Å². The molecule has 0 bridgehead atoms. The Labute approximate surface area is 93.9 Å². The van der Waals surface area contributed by atoms with Gasteiger partial charge in [-0.15, -0.1) is 0 Å². The Morgan fingerprint density at radius 2 is 2.12 bits per heavy atom. The van der Waals surface area contributed by atoms with Gasteiger partial charge in [-0.1, -0.05) is 12.1 Å². The van der Waals surface area contributed by atoms with Crippen molar-refractivity contribution in [2.45, 2.75) is 13.5 Å². The largest absolute Gasteiger partial charge is 0.378 e. The second kappa shape index (κ2) is 4.35. The van der Waals surface area contributed by atoms with E-state index >= 15 is 0 Å². The van der Waals surface area contributed by atoms with E-state index in [1.165, 1.54) is 6.07 Å². The number of aromatic nitrogens is 2. The molecule has 1 heterocycles. The lowest BCUT2D eigenvalue weighted by molar-refractivity contribution is 0.630. The highest BCUT2D eigenvalue weighted by molar-refractivity contribution is 5.44. The molecule has 1 aromatic heterocycles. The Morgan fingerprint density at radius 3 is 2.75 bits per heavy atom. The molecule has 0 spiro atoms. The van der Waals surface area contributed by atoms with Crippen molar-refractivity contribution in [1.29, 1.82) is 0 Å². The van der Waals surface area contributed by atoms with Crippen molar-refractivity contribution in [2.75, 3.05) is 5.32 Å². The van der Waals surface area contributed by atoms with E-state index in [1.807, 2.05) is 26.2 Å². The van der Waals surface area contributed by atoms with Gasteiger partial charge in [-0.25, -0.2) is 4.39 Å². The Kier molecular flexibility index (Phi) is 2.90. The number of rotatable bonds is 3. The van der Waals surface area contributed by atoms with Crippen molar-refractivity contribution >= 4 is 5.69 Å².